The predicted octanol–water partition coefficient (Wildman–Crippen LogP) is 3.38. The van der Waals surface area contributed by atoms with Crippen LogP contribution in [0.2, 0.25) is 10.0 Å². The first-order valence-corrected chi connectivity index (χ1v) is 8.31. The van der Waals surface area contributed by atoms with E-state index in [1.807, 2.05) is 6.20 Å². The van der Waals surface area contributed by atoms with Crippen LogP contribution in [0, 0.1) is 11.3 Å². The average molecular weight is 361 g/mol. The van der Waals surface area contributed by atoms with Crippen molar-refractivity contribution < 1.29 is 0 Å². The van der Waals surface area contributed by atoms with Crippen molar-refractivity contribution >= 4 is 39.8 Å². The number of fused-ring (bicyclic) bond motifs is 3. The van der Waals surface area contributed by atoms with Crippen LogP contribution in [0.25, 0.3) is 22.0 Å². The highest BCUT2D eigenvalue weighted by Crippen LogP contribution is 2.45. The number of halogens is 2. The molecule has 0 saturated heterocycles. The minimum atomic E-state index is 0.191. The van der Waals surface area contributed by atoms with E-state index in [1.54, 1.807) is 12.3 Å². The summed E-state index contributed by atoms with van der Waals surface area (Å²) in [6.45, 7) is 2.60. The third kappa shape index (κ3) is 2.25. The van der Waals surface area contributed by atoms with Crippen molar-refractivity contribution in [1.82, 2.24) is 20.1 Å². The maximum Gasteiger partial charge on any atom is 0.103 e. The Morgan fingerprint density at radius 3 is 3.04 bits per heavy atom. The maximum absolute atomic E-state index is 8.94. The Labute approximate surface area is 148 Å². The van der Waals surface area contributed by atoms with Gasteiger partial charge in [-0.1, -0.05) is 23.2 Å². The molecular formula is C16H14Cl2N6. The van der Waals surface area contributed by atoms with Gasteiger partial charge in [0.05, 0.1) is 27.8 Å². The maximum atomic E-state index is 8.94. The molecule has 0 radical (unpaired) electrons. The molecule has 0 unspecified atom stereocenters. The van der Waals surface area contributed by atoms with Gasteiger partial charge >= 0.3 is 0 Å². The molecule has 0 amide bonds. The van der Waals surface area contributed by atoms with Gasteiger partial charge in [-0.25, -0.2) is 0 Å². The lowest BCUT2D eigenvalue weighted by atomic mass is 10.0. The van der Waals surface area contributed by atoms with Crippen molar-refractivity contribution in [3.05, 3.63) is 34.2 Å². The van der Waals surface area contributed by atoms with Crippen molar-refractivity contribution in [1.29, 1.82) is 5.26 Å². The molecule has 0 saturated carbocycles. The summed E-state index contributed by atoms with van der Waals surface area (Å²) in [5.41, 5.74) is 4.89. The fourth-order valence-electron chi connectivity index (χ4n) is 3.33. The van der Waals surface area contributed by atoms with Crippen LogP contribution in [0.1, 0.15) is 5.69 Å². The quantitative estimate of drug-likeness (QED) is 0.625. The number of rotatable bonds is 3. The van der Waals surface area contributed by atoms with E-state index in [0.29, 0.717) is 10.0 Å². The number of aromatic nitrogens is 3. The molecule has 1 aliphatic heterocycles. The third-order valence-corrected chi connectivity index (χ3v) is 5.06. The Hall–Kier alpha value is -2.20. The summed E-state index contributed by atoms with van der Waals surface area (Å²) in [7, 11) is 0. The van der Waals surface area contributed by atoms with E-state index >= 15 is 0 Å². The van der Waals surface area contributed by atoms with E-state index in [9.17, 15) is 0 Å². The molecule has 4 rings (SSSR count). The molecule has 0 spiro atoms. The van der Waals surface area contributed by atoms with E-state index in [2.05, 4.69) is 31.5 Å². The first-order valence-electron chi connectivity index (χ1n) is 7.56. The fraction of sp³-hybridized carbons (Fsp3) is 0.250. The second kappa shape index (κ2) is 6.02. The highest BCUT2D eigenvalue weighted by molar-refractivity contribution is 6.46. The van der Waals surface area contributed by atoms with Crippen LogP contribution in [-0.4, -0.2) is 27.9 Å². The number of benzene rings is 1. The van der Waals surface area contributed by atoms with Crippen molar-refractivity contribution in [3.63, 3.8) is 0 Å². The van der Waals surface area contributed by atoms with Crippen LogP contribution >= 0.6 is 23.2 Å². The SMILES string of the molecule is N#CCNc1cc(Cl)c(Cl)c2c1c(-c1cn[nH]c1)c1n2CCNC1. The molecule has 122 valence electrons. The summed E-state index contributed by atoms with van der Waals surface area (Å²) in [6, 6.07) is 3.89. The van der Waals surface area contributed by atoms with Gasteiger partial charge in [-0.2, -0.15) is 10.4 Å². The predicted molar refractivity (Wildman–Crippen MR) is 95.3 cm³/mol. The van der Waals surface area contributed by atoms with Crippen LogP contribution in [0.15, 0.2) is 18.5 Å². The number of aromatic amines is 1. The second-order valence-electron chi connectivity index (χ2n) is 5.59. The summed E-state index contributed by atoms with van der Waals surface area (Å²) in [5, 5.41) is 24.4. The van der Waals surface area contributed by atoms with Crippen LogP contribution in [-0.2, 0) is 13.1 Å². The molecule has 0 atom stereocenters. The molecule has 0 bridgehead atoms. The lowest BCUT2D eigenvalue weighted by Crippen LogP contribution is -2.27. The highest BCUT2D eigenvalue weighted by atomic mass is 35.5. The van der Waals surface area contributed by atoms with Gasteiger partial charge in [0.1, 0.15) is 6.54 Å². The molecule has 1 aliphatic rings. The molecule has 3 aromatic rings. The molecule has 24 heavy (non-hydrogen) atoms. The Bertz CT molecular complexity index is 952. The largest absolute Gasteiger partial charge is 0.372 e. The smallest absolute Gasteiger partial charge is 0.103 e. The fourth-order valence-corrected chi connectivity index (χ4v) is 3.78. The van der Waals surface area contributed by atoms with Gasteiger partial charge in [-0.15, -0.1) is 0 Å². The highest BCUT2D eigenvalue weighted by Gasteiger charge is 2.26. The Morgan fingerprint density at radius 1 is 1.42 bits per heavy atom. The number of nitrogens with one attached hydrogen (secondary N) is 3. The zero-order valence-corrected chi connectivity index (χ0v) is 14.2. The minimum Gasteiger partial charge on any atom is -0.372 e. The summed E-state index contributed by atoms with van der Waals surface area (Å²) in [6.07, 6.45) is 3.65. The normalized spacial score (nSPS) is 13.7. The van der Waals surface area contributed by atoms with Gasteiger partial charge in [-0.3, -0.25) is 5.10 Å². The minimum absolute atomic E-state index is 0.191. The molecule has 1 aromatic carbocycles. The number of H-pyrrole nitrogens is 1. The molecule has 8 heteroatoms. The van der Waals surface area contributed by atoms with Crippen LogP contribution in [0.3, 0.4) is 0 Å². The Kier molecular flexibility index (Phi) is 3.85. The van der Waals surface area contributed by atoms with Gasteiger partial charge < -0.3 is 15.2 Å². The lowest BCUT2D eigenvalue weighted by molar-refractivity contribution is 0.528. The molecule has 6 nitrogen and oxygen atoms in total. The van der Waals surface area contributed by atoms with E-state index < -0.39 is 0 Å². The van der Waals surface area contributed by atoms with E-state index in [0.717, 1.165) is 53.0 Å². The lowest BCUT2D eigenvalue weighted by Gasteiger charge is -2.18. The number of nitriles is 1. The average Bonchev–Trinajstić information content (AvgIpc) is 3.22. The number of hydrogen-bond acceptors (Lipinski definition) is 4. The topological polar surface area (TPSA) is 81.5 Å². The molecular weight excluding hydrogens is 347 g/mol. The molecule has 2 aromatic heterocycles. The number of nitrogens with zero attached hydrogens (tertiary/aromatic N) is 3. The molecule has 0 aliphatic carbocycles. The van der Waals surface area contributed by atoms with Gasteiger partial charge in [0.15, 0.2) is 0 Å². The third-order valence-electron chi connectivity index (χ3n) is 4.28. The standard InChI is InChI=1S/C16H14Cl2N6/c17-10-5-11(21-2-1-19)14-13(9-6-22-23-7-9)12-8-20-3-4-24(12)16(14)15(10)18/h5-7,20-21H,2-4,8H2,(H,22,23). The number of hydrogen-bond donors (Lipinski definition) is 3. The van der Waals surface area contributed by atoms with E-state index in [1.165, 1.54) is 0 Å². The Balaban J connectivity index is 2.12. The van der Waals surface area contributed by atoms with E-state index in [-0.39, 0.29) is 6.54 Å². The van der Waals surface area contributed by atoms with Crippen molar-refractivity contribution in [2.75, 3.05) is 18.4 Å². The number of anilines is 1. The van der Waals surface area contributed by atoms with Crippen molar-refractivity contribution in [2.45, 2.75) is 13.1 Å². The van der Waals surface area contributed by atoms with Crippen LogP contribution < -0.4 is 10.6 Å². The van der Waals surface area contributed by atoms with E-state index in [4.69, 9.17) is 28.5 Å². The van der Waals surface area contributed by atoms with Crippen LogP contribution in [0.5, 0.6) is 0 Å². The van der Waals surface area contributed by atoms with Gasteiger partial charge in [0, 0.05) is 53.7 Å². The summed E-state index contributed by atoms with van der Waals surface area (Å²) >= 11 is 12.9. The van der Waals surface area contributed by atoms with Crippen LogP contribution in [0.4, 0.5) is 5.69 Å². The van der Waals surface area contributed by atoms with Gasteiger partial charge in [0.25, 0.3) is 0 Å². The van der Waals surface area contributed by atoms with Gasteiger partial charge in [0.2, 0.25) is 0 Å². The first kappa shape index (κ1) is 15.3. The first-order chi connectivity index (χ1) is 11.7. The van der Waals surface area contributed by atoms with Crippen molar-refractivity contribution in [2.24, 2.45) is 0 Å². The second-order valence-corrected chi connectivity index (χ2v) is 6.38. The summed E-state index contributed by atoms with van der Waals surface area (Å²) in [5.74, 6) is 0. The monoisotopic (exact) mass is 360 g/mol. The molecule has 0 fully saturated rings. The van der Waals surface area contributed by atoms with Gasteiger partial charge in [-0.05, 0) is 6.07 Å². The Morgan fingerprint density at radius 2 is 2.29 bits per heavy atom. The molecule has 3 N–H and O–H groups in total. The molecule has 3 heterocycles. The zero-order valence-electron chi connectivity index (χ0n) is 12.7. The van der Waals surface area contributed by atoms with Crippen molar-refractivity contribution in [3.8, 4) is 17.2 Å². The summed E-state index contributed by atoms with van der Waals surface area (Å²) in [4.78, 5) is 0. The zero-order chi connectivity index (χ0) is 16.7. The summed E-state index contributed by atoms with van der Waals surface area (Å²) < 4.78 is 2.21.